The average Bonchev–Trinajstić information content (AvgIpc) is 2.75. The molecule has 0 radical (unpaired) electrons. The molecule has 0 saturated heterocycles. The maximum absolute atomic E-state index is 6.02. The van der Waals surface area contributed by atoms with Crippen molar-refractivity contribution < 1.29 is 4.74 Å². The Kier molecular flexibility index (Phi) is 4.20. The van der Waals surface area contributed by atoms with Gasteiger partial charge < -0.3 is 4.74 Å². The molecular weight excluding hydrogens is 264 g/mol. The lowest BCUT2D eigenvalue weighted by Gasteiger charge is -2.20. The van der Waals surface area contributed by atoms with Gasteiger partial charge in [-0.05, 0) is 12.1 Å². The van der Waals surface area contributed by atoms with Gasteiger partial charge in [-0.3, -0.25) is 4.99 Å². The molecule has 0 amide bonds. The first-order valence-corrected chi connectivity index (χ1v) is 10.3. The van der Waals surface area contributed by atoms with E-state index in [9.17, 15) is 0 Å². The summed E-state index contributed by atoms with van der Waals surface area (Å²) in [4.78, 5) is 8.55. The zero-order valence-electron chi connectivity index (χ0n) is 11.1. The number of rotatable bonds is 5. The molecule has 0 bridgehead atoms. The Morgan fingerprint density at radius 1 is 1.39 bits per heavy atom. The largest absolute Gasteiger partial charge is 0.381 e. The fourth-order valence-electron chi connectivity index (χ4n) is 1.82. The van der Waals surface area contributed by atoms with E-state index in [4.69, 9.17) is 16.3 Å². The van der Waals surface area contributed by atoms with Crippen LogP contribution in [0.15, 0.2) is 33.0 Å². The number of fused-ring (bicyclic) bond motifs is 1. The molecule has 0 saturated carbocycles. The van der Waals surface area contributed by atoms with Crippen LogP contribution in [0.2, 0.25) is 25.7 Å². The van der Waals surface area contributed by atoms with Gasteiger partial charge in [0.25, 0.3) is 0 Å². The minimum absolute atomic E-state index is 0.138. The van der Waals surface area contributed by atoms with Crippen LogP contribution < -0.4 is 0 Å². The van der Waals surface area contributed by atoms with Crippen LogP contribution in [0.25, 0.3) is 0 Å². The van der Waals surface area contributed by atoms with Crippen LogP contribution in [0.5, 0.6) is 0 Å². The van der Waals surface area contributed by atoms with Gasteiger partial charge in [0.05, 0.1) is 18.2 Å². The molecule has 0 fully saturated rings. The summed E-state index contributed by atoms with van der Waals surface area (Å²) in [7, 11) is -1.01. The molecule has 1 unspecified atom stereocenters. The number of ether oxygens (including phenoxy) is 1. The van der Waals surface area contributed by atoms with Crippen molar-refractivity contribution in [1.82, 2.24) is 0 Å². The Balaban J connectivity index is 1.84. The number of hydrogen-bond acceptors (Lipinski definition) is 3. The topological polar surface area (TPSA) is 34.0 Å². The normalized spacial score (nSPS) is 22.4. The Morgan fingerprint density at radius 3 is 2.89 bits per heavy atom. The third-order valence-electron chi connectivity index (χ3n) is 2.97. The highest BCUT2D eigenvalue weighted by atomic mass is 35.5. The Labute approximate surface area is 114 Å². The SMILES string of the molecule is C[Si](C)(C)CCOCC1C=NC(Cl)=C2C=CN=C21. The van der Waals surface area contributed by atoms with Gasteiger partial charge in [-0.25, -0.2) is 4.99 Å². The third kappa shape index (κ3) is 3.40. The molecule has 5 heteroatoms. The number of halogens is 1. The number of nitrogens with zero attached hydrogens (tertiary/aromatic N) is 2. The van der Waals surface area contributed by atoms with Crippen molar-refractivity contribution in [2.45, 2.75) is 25.7 Å². The number of hydrogen-bond donors (Lipinski definition) is 0. The van der Waals surface area contributed by atoms with E-state index in [0.29, 0.717) is 11.8 Å². The van der Waals surface area contributed by atoms with Gasteiger partial charge in [-0.2, -0.15) is 0 Å². The highest BCUT2D eigenvalue weighted by Gasteiger charge is 2.25. The zero-order valence-corrected chi connectivity index (χ0v) is 12.9. The molecule has 3 nitrogen and oxygen atoms in total. The molecule has 0 spiro atoms. The summed E-state index contributed by atoms with van der Waals surface area (Å²) in [5.41, 5.74) is 1.93. The van der Waals surface area contributed by atoms with Crippen LogP contribution in [0.4, 0.5) is 0 Å². The van der Waals surface area contributed by atoms with Crippen LogP contribution in [-0.4, -0.2) is 33.2 Å². The van der Waals surface area contributed by atoms with E-state index in [1.807, 2.05) is 12.3 Å². The van der Waals surface area contributed by atoms with Crippen molar-refractivity contribution in [1.29, 1.82) is 0 Å². The lowest BCUT2D eigenvalue weighted by atomic mass is 9.98. The lowest BCUT2D eigenvalue weighted by molar-refractivity contribution is 0.143. The van der Waals surface area contributed by atoms with Crippen LogP contribution in [0.1, 0.15) is 0 Å². The van der Waals surface area contributed by atoms with Gasteiger partial charge in [-0.1, -0.05) is 31.2 Å². The predicted octanol–water partition coefficient (Wildman–Crippen LogP) is 3.46. The van der Waals surface area contributed by atoms with Gasteiger partial charge in [0, 0.05) is 32.7 Å². The van der Waals surface area contributed by atoms with Crippen LogP contribution in [-0.2, 0) is 4.74 Å². The van der Waals surface area contributed by atoms with Gasteiger partial charge in [0.2, 0.25) is 0 Å². The van der Waals surface area contributed by atoms with E-state index < -0.39 is 8.07 Å². The smallest absolute Gasteiger partial charge is 0.137 e. The minimum Gasteiger partial charge on any atom is -0.381 e. The molecule has 2 rings (SSSR count). The van der Waals surface area contributed by atoms with Crippen LogP contribution in [0, 0.1) is 5.92 Å². The summed E-state index contributed by atoms with van der Waals surface area (Å²) >= 11 is 6.02. The van der Waals surface area contributed by atoms with E-state index in [1.165, 1.54) is 6.04 Å². The van der Waals surface area contributed by atoms with E-state index >= 15 is 0 Å². The molecule has 2 aliphatic rings. The highest BCUT2D eigenvalue weighted by Crippen LogP contribution is 2.26. The summed E-state index contributed by atoms with van der Waals surface area (Å²) in [6.45, 7) is 8.52. The monoisotopic (exact) mass is 282 g/mol. The molecule has 2 heterocycles. The molecule has 18 heavy (non-hydrogen) atoms. The second kappa shape index (κ2) is 5.51. The molecule has 0 aromatic heterocycles. The summed E-state index contributed by atoms with van der Waals surface area (Å²) in [5, 5.41) is 0.529. The molecule has 0 aromatic rings. The third-order valence-corrected chi connectivity index (χ3v) is 4.97. The Morgan fingerprint density at radius 2 is 2.17 bits per heavy atom. The Bertz CT molecular complexity index is 446. The van der Waals surface area contributed by atoms with Crippen LogP contribution >= 0.6 is 11.6 Å². The molecule has 98 valence electrons. The predicted molar refractivity (Wildman–Crippen MR) is 80.4 cm³/mol. The number of aliphatic imine (C=N–C) groups is 2. The van der Waals surface area contributed by atoms with E-state index in [-0.39, 0.29) is 5.92 Å². The second-order valence-corrected chi connectivity index (χ2v) is 11.8. The molecule has 0 aromatic carbocycles. The minimum atomic E-state index is -1.01. The van der Waals surface area contributed by atoms with Crippen molar-refractivity contribution in [3.8, 4) is 0 Å². The first kappa shape index (κ1) is 13.7. The van der Waals surface area contributed by atoms with E-state index in [1.54, 1.807) is 6.20 Å². The van der Waals surface area contributed by atoms with E-state index in [0.717, 1.165) is 17.9 Å². The quantitative estimate of drug-likeness (QED) is 0.432. The van der Waals surface area contributed by atoms with Crippen LogP contribution in [0.3, 0.4) is 0 Å². The van der Waals surface area contributed by atoms with Gasteiger partial charge in [0.15, 0.2) is 0 Å². The van der Waals surface area contributed by atoms with Gasteiger partial charge in [-0.15, -0.1) is 0 Å². The summed E-state index contributed by atoms with van der Waals surface area (Å²) in [6.07, 6.45) is 5.52. The van der Waals surface area contributed by atoms with Crippen molar-refractivity contribution in [2.24, 2.45) is 15.9 Å². The highest BCUT2D eigenvalue weighted by molar-refractivity contribution is 6.76. The molecular formula is C13H19ClN2OSi. The fourth-order valence-corrected chi connectivity index (χ4v) is 2.80. The summed E-state index contributed by atoms with van der Waals surface area (Å²) in [6, 6.07) is 1.19. The molecule has 0 aliphatic carbocycles. The summed E-state index contributed by atoms with van der Waals surface area (Å²) < 4.78 is 5.76. The number of allylic oxidation sites excluding steroid dienone is 2. The van der Waals surface area contributed by atoms with Gasteiger partial charge in [0.1, 0.15) is 5.16 Å². The first-order valence-electron chi connectivity index (χ1n) is 6.24. The van der Waals surface area contributed by atoms with Crippen molar-refractivity contribution in [2.75, 3.05) is 13.2 Å². The van der Waals surface area contributed by atoms with Crippen molar-refractivity contribution >= 4 is 31.6 Å². The molecule has 2 aliphatic heterocycles. The fraction of sp³-hybridized carbons (Fsp3) is 0.538. The summed E-state index contributed by atoms with van der Waals surface area (Å²) in [5.74, 6) is 0.138. The zero-order chi connectivity index (χ0) is 13.2. The molecule has 1 atom stereocenters. The lowest BCUT2D eigenvalue weighted by Crippen LogP contribution is -2.27. The standard InChI is InChI=1S/C13H19ClN2OSi/c1-18(2,3)7-6-17-9-10-8-16-13(14)11-4-5-15-12(10)11/h4-5,8,10H,6-7,9H2,1-3H3. The average molecular weight is 283 g/mol. The maximum atomic E-state index is 6.02. The first-order chi connectivity index (χ1) is 8.47. The van der Waals surface area contributed by atoms with E-state index in [2.05, 4.69) is 29.6 Å². The van der Waals surface area contributed by atoms with Crippen molar-refractivity contribution in [3.63, 3.8) is 0 Å². The van der Waals surface area contributed by atoms with Gasteiger partial charge >= 0.3 is 0 Å². The van der Waals surface area contributed by atoms with Crippen molar-refractivity contribution in [3.05, 3.63) is 23.0 Å². The molecule has 0 N–H and O–H groups in total. The maximum Gasteiger partial charge on any atom is 0.137 e. The second-order valence-electron chi connectivity index (χ2n) is 5.80. The Hall–Kier alpha value is -0.713.